The number of anilines is 2. The lowest BCUT2D eigenvalue weighted by Crippen LogP contribution is -2.41. The Morgan fingerprint density at radius 3 is 2.41 bits per heavy atom. The lowest BCUT2D eigenvalue weighted by Gasteiger charge is -2.23. The second-order valence-corrected chi connectivity index (χ2v) is 7.40. The minimum atomic E-state index is -4.74. The first-order chi connectivity index (χ1) is 16.2. The highest BCUT2D eigenvalue weighted by molar-refractivity contribution is 5.75. The summed E-state index contributed by atoms with van der Waals surface area (Å²) in [5.41, 5.74) is 0.888. The number of hydrogen-bond donors (Lipinski definition) is 1. The third-order valence-corrected chi connectivity index (χ3v) is 5.05. The van der Waals surface area contributed by atoms with E-state index in [1.54, 1.807) is 37.3 Å². The lowest BCUT2D eigenvalue weighted by molar-refractivity contribution is -0.159. The minimum Gasteiger partial charge on any atom is -0.497 e. The van der Waals surface area contributed by atoms with E-state index >= 15 is 0 Å². The number of methoxy groups -OCH3 is 1. The Hall–Kier alpha value is -4.22. The first kappa shape index (κ1) is 23.0. The molecular weight excluding hydrogens is 455 g/mol. The van der Waals surface area contributed by atoms with Crippen LogP contribution in [-0.4, -0.2) is 29.3 Å². The van der Waals surface area contributed by atoms with Crippen molar-refractivity contribution >= 4 is 11.4 Å². The van der Waals surface area contributed by atoms with Crippen molar-refractivity contribution in [2.24, 2.45) is 0 Å². The molecule has 0 aliphatic carbocycles. The van der Waals surface area contributed by atoms with Crippen molar-refractivity contribution in [1.29, 1.82) is 0 Å². The van der Waals surface area contributed by atoms with E-state index in [-0.39, 0.29) is 29.3 Å². The van der Waals surface area contributed by atoms with Crippen LogP contribution in [0.2, 0.25) is 0 Å². The van der Waals surface area contributed by atoms with Crippen molar-refractivity contribution in [2.45, 2.75) is 19.3 Å². The number of nitrogens with zero attached hydrogens (tertiary/aromatic N) is 4. The van der Waals surface area contributed by atoms with Gasteiger partial charge < -0.3 is 19.5 Å². The van der Waals surface area contributed by atoms with E-state index in [0.717, 1.165) is 5.56 Å². The molecule has 0 fully saturated rings. The quantitative estimate of drug-likeness (QED) is 0.386. The fourth-order valence-electron chi connectivity index (χ4n) is 3.27. The second-order valence-electron chi connectivity index (χ2n) is 7.40. The number of alkyl halides is 3. The summed E-state index contributed by atoms with van der Waals surface area (Å²) < 4.78 is 47.2. The number of nitrogens with one attached hydrogen (secondary N) is 1. The standard InChI is InChI=1S/C22H18F3N5O4/c1-30(11-14-6-5-13(10-26-14)20-28-21(34-29-20)22(23,24)25)17-16(18(31)19(17)32)27-9-12-3-7-15(33-2)8-4-12/h3-8,10,27H,9,11H2,1-2H3. The maximum atomic E-state index is 12.6. The molecule has 0 spiro atoms. The lowest BCUT2D eigenvalue weighted by atomic mass is 10.1. The second kappa shape index (κ2) is 8.96. The molecule has 12 heteroatoms. The zero-order valence-electron chi connectivity index (χ0n) is 18.0. The van der Waals surface area contributed by atoms with Crippen molar-refractivity contribution in [2.75, 3.05) is 24.4 Å². The third kappa shape index (κ3) is 4.60. The molecule has 176 valence electrons. The van der Waals surface area contributed by atoms with Crippen LogP contribution in [0.25, 0.3) is 11.4 Å². The monoisotopic (exact) mass is 473 g/mol. The summed E-state index contributed by atoms with van der Waals surface area (Å²) >= 11 is 0. The van der Waals surface area contributed by atoms with E-state index in [1.165, 1.54) is 12.3 Å². The van der Waals surface area contributed by atoms with Crippen molar-refractivity contribution in [3.63, 3.8) is 0 Å². The number of aromatic nitrogens is 3. The summed E-state index contributed by atoms with van der Waals surface area (Å²) in [5.74, 6) is -0.981. The fraction of sp³-hybridized carbons (Fsp3) is 0.227. The highest BCUT2D eigenvalue weighted by atomic mass is 19.4. The van der Waals surface area contributed by atoms with E-state index in [9.17, 15) is 22.8 Å². The fourth-order valence-corrected chi connectivity index (χ4v) is 3.27. The molecule has 4 aromatic rings. The smallest absolute Gasteiger partial charge is 0.471 e. The molecule has 2 aromatic carbocycles. The van der Waals surface area contributed by atoms with Gasteiger partial charge in [0.1, 0.15) is 17.1 Å². The molecular formula is C22H18F3N5O4. The molecule has 0 radical (unpaired) electrons. The maximum Gasteiger partial charge on any atom is 0.471 e. The molecule has 4 rings (SSSR count). The summed E-state index contributed by atoms with van der Waals surface area (Å²) in [6.45, 7) is 0.523. The molecule has 0 aliphatic heterocycles. The van der Waals surface area contributed by atoms with Crippen molar-refractivity contribution in [3.8, 4) is 17.1 Å². The van der Waals surface area contributed by atoms with Gasteiger partial charge in [0.2, 0.25) is 5.82 Å². The molecule has 0 atom stereocenters. The van der Waals surface area contributed by atoms with Gasteiger partial charge in [-0.3, -0.25) is 14.6 Å². The van der Waals surface area contributed by atoms with Crippen LogP contribution in [-0.2, 0) is 19.3 Å². The summed E-state index contributed by atoms with van der Waals surface area (Å²) in [7, 11) is 3.20. The Balaban J connectivity index is 1.43. The normalized spacial score (nSPS) is 11.6. The predicted octanol–water partition coefficient (Wildman–Crippen LogP) is 3.00. The Morgan fingerprint density at radius 2 is 1.82 bits per heavy atom. The Labute approximate surface area is 190 Å². The first-order valence-corrected chi connectivity index (χ1v) is 9.95. The summed E-state index contributed by atoms with van der Waals surface area (Å²) in [6.07, 6.45) is -3.43. The average Bonchev–Trinajstić information content (AvgIpc) is 3.33. The Bertz CT molecular complexity index is 1360. The van der Waals surface area contributed by atoms with Gasteiger partial charge in [0, 0.05) is 25.4 Å². The first-order valence-electron chi connectivity index (χ1n) is 9.95. The van der Waals surface area contributed by atoms with Gasteiger partial charge >= 0.3 is 12.1 Å². The minimum absolute atomic E-state index is 0.183. The van der Waals surface area contributed by atoms with E-state index in [4.69, 9.17) is 4.74 Å². The topological polar surface area (TPSA) is 110 Å². The largest absolute Gasteiger partial charge is 0.497 e. The average molecular weight is 473 g/mol. The zero-order valence-corrected chi connectivity index (χ0v) is 18.0. The van der Waals surface area contributed by atoms with Crippen LogP contribution in [0.3, 0.4) is 0 Å². The van der Waals surface area contributed by atoms with E-state index in [1.807, 2.05) is 12.1 Å². The molecule has 0 saturated heterocycles. The van der Waals surface area contributed by atoms with Gasteiger partial charge in [-0.25, -0.2) is 0 Å². The van der Waals surface area contributed by atoms with Gasteiger partial charge in [-0.1, -0.05) is 17.3 Å². The molecule has 0 aliphatic rings. The van der Waals surface area contributed by atoms with E-state index < -0.39 is 22.9 Å². The zero-order chi connectivity index (χ0) is 24.5. The number of pyridine rings is 1. The van der Waals surface area contributed by atoms with Crippen LogP contribution in [0.5, 0.6) is 5.75 Å². The van der Waals surface area contributed by atoms with Crippen molar-refractivity contribution < 1.29 is 22.4 Å². The van der Waals surface area contributed by atoms with Crippen LogP contribution < -0.4 is 25.8 Å². The molecule has 0 saturated carbocycles. The van der Waals surface area contributed by atoms with E-state index in [0.29, 0.717) is 18.0 Å². The molecule has 2 aromatic heterocycles. The summed E-state index contributed by atoms with van der Waals surface area (Å²) in [5, 5.41) is 6.32. The predicted molar refractivity (Wildman–Crippen MR) is 116 cm³/mol. The van der Waals surface area contributed by atoms with Crippen LogP contribution >= 0.6 is 0 Å². The maximum absolute atomic E-state index is 12.6. The third-order valence-electron chi connectivity index (χ3n) is 5.05. The number of hydrogen-bond acceptors (Lipinski definition) is 9. The number of benzene rings is 1. The summed E-state index contributed by atoms with van der Waals surface area (Å²) in [4.78, 5) is 33.4. The molecule has 0 amide bonds. The molecule has 1 N–H and O–H groups in total. The van der Waals surface area contributed by atoms with Gasteiger partial charge in [-0.2, -0.15) is 18.2 Å². The van der Waals surface area contributed by atoms with Crippen LogP contribution in [0, 0.1) is 0 Å². The Kier molecular flexibility index (Phi) is 6.05. The molecule has 9 nitrogen and oxygen atoms in total. The molecule has 34 heavy (non-hydrogen) atoms. The van der Waals surface area contributed by atoms with Gasteiger partial charge in [0.25, 0.3) is 10.9 Å². The van der Waals surface area contributed by atoms with Crippen molar-refractivity contribution in [1.82, 2.24) is 15.1 Å². The SMILES string of the molecule is COc1ccc(CNc2c(N(C)Cc3ccc(-c4noc(C(F)(F)F)n4)cn3)c(=O)c2=O)cc1. The van der Waals surface area contributed by atoms with Gasteiger partial charge in [0.15, 0.2) is 0 Å². The number of halogens is 3. The molecule has 2 heterocycles. The Morgan fingerprint density at radius 1 is 1.09 bits per heavy atom. The highest BCUT2D eigenvalue weighted by Gasteiger charge is 2.38. The van der Waals surface area contributed by atoms with Gasteiger partial charge in [-0.15, -0.1) is 0 Å². The van der Waals surface area contributed by atoms with Crippen molar-refractivity contribution in [3.05, 3.63) is 80.2 Å². The van der Waals surface area contributed by atoms with Crippen LogP contribution in [0.15, 0.2) is 56.7 Å². The summed E-state index contributed by atoms with van der Waals surface area (Å²) in [6, 6.07) is 10.3. The molecule has 0 bridgehead atoms. The molecule has 0 unspecified atom stereocenters. The van der Waals surface area contributed by atoms with Gasteiger partial charge in [0.05, 0.1) is 19.3 Å². The van der Waals surface area contributed by atoms with Gasteiger partial charge in [-0.05, 0) is 29.8 Å². The number of ether oxygens (including phenoxy) is 1. The number of rotatable bonds is 8. The van der Waals surface area contributed by atoms with E-state index in [2.05, 4.69) is 25.0 Å². The highest BCUT2D eigenvalue weighted by Crippen LogP contribution is 2.29. The van der Waals surface area contributed by atoms with Crippen LogP contribution in [0.1, 0.15) is 17.1 Å². The van der Waals surface area contributed by atoms with Crippen LogP contribution in [0.4, 0.5) is 24.5 Å².